The Balaban J connectivity index is 1.72. The maximum absolute atomic E-state index is 14.1. The highest BCUT2D eigenvalue weighted by atomic mass is 32.2. The number of methoxy groups -OCH3 is 2. The van der Waals surface area contributed by atoms with Gasteiger partial charge in [0.1, 0.15) is 23.1 Å². The summed E-state index contributed by atoms with van der Waals surface area (Å²) in [5.74, 6) is 1.08. The van der Waals surface area contributed by atoms with Crippen LogP contribution >= 0.6 is 11.8 Å². The molecule has 3 aromatic rings. The molecule has 2 aromatic carbocycles. The van der Waals surface area contributed by atoms with Crippen molar-refractivity contribution in [3.8, 4) is 22.9 Å². The molecule has 0 N–H and O–H groups in total. The first-order valence-corrected chi connectivity index (χ1v) is 11.3. The molecule has 8 heteroatoms. The molecule has 1 aromatic heterocycles. The van der Waals surface area contributed by atoms with Gasteiger partial charge in [0.05, 0.1) is 14.2 Å². The van der Waals surface area contributed by atoms with Crippen molar-refractivity contribution in [3.63, 3.8) is 0 Å². The molecule has 0 spiro atoms. The highest BCUT2D eigenvalue weighted by Crippen LogP contribution is 2.38. The molecule has 4 rings (SSSR count). The Morgan fingerprint density at radius 3 is 2.23 bits per heavy atom. The van der Waals surface area contributed by atoms with Crippen LogP contribution in [-0.2, 0) is 5.75 Å². The van der Waals surface area contributed by atoms with E-state index in [0.717, 1.165) is 31.2 Å². The van der Waals surface area contributed by atoms with Crippen molar-refractivity contribution in [2.45, 2.75) is 49.1 Å². The molecule has 0 unspecified atom stereocenters. The normalized spacial score (nSPS) is 14.6. The van der Waals surface area contributed by atoms with Crippen molar-refractivity contribution < 1.29 is 18.3 Å². The van der Waals surface area contributed by atoms with Gasteiger partial charge in [0.2, 0.25) is 0 Å². The van der Waals surface area contributed by atoms with Crippen LogP contribution in [0.3, 0.4) is 0 Å². The average Bonchev–Trinajstić information content (AvgIpc) is 3.23. The fourth-order valence-electron chi connectivity index (χ4n) is 3.98. The molecule has 1 aliphatic rings. The third-order valence-electron chi connectivity index (χ3n) is 5.62. The van der Waals surface area contributed by atoms with Gasteiger partial charge in [0.25, 0.3) is 0 Å². The molecule has 1 heterocycles. The molecule has 0 radical (unpaired) electrons. The monoisotopic (exact) mass is 445 g/mol. The van der Waals surface area contributed by atoms with Gasteiger partial charge in [-0.1, -0.05) is 37.1 Å². The second-order valence-corrected chi connectivity index (χ2v) is 8.50. The van der Waals surface area contributed by atoms with Crippen molar-refractivity contribution in [2.75, 3.05) is 14.2 Å². The van der Waals surface area contributed by atoms with Gasteiger partial charge in [0, 0.05) is 29.0 Å². The first kappa shape index (κ1) is 21.6. The van der Waals surface area contributed by atoms with E-state index in [4.69, 9.17) is 9.47 Å². The van der Waals surface area contributed by atoms with Gasteiger partial charge in [-0.15, -0.1) is 10.2 Å². The van der Waals surface area contributed by atoms with Crippen LogP contribution in [0.4, 0.5) is 8.78 Å². The summed E-state index contributed by atoms with van der Waals surface area (Å²) >= 11 is 1.30. The van der Waals surface area contributed by atoms with Crippen molar-refractivity contribution in [1.82, 2.24) is 14.8 Å². The topological polar surface area (TPSA) is 49.2 Å². The van der Waals surface area contributed by atoms with Crippen LogP contribution in [0.5, 0.6) is 11.5 Å². The molecule has 164 valence electrons. The van der Waals surface area contributed by atoms with Gasteiger partial charge in [0.15, 0.2) is 11.0 Å². The molecule has 1 aliphatic carbocycles. The number of ether oxygens (including phenoxy) is 2. The molecule has 0 bridgehead atoms. The van der Waals surface area contributed by atoms with E-state index in [1.165, 1.54) is 36.4 Å². The van der Waals surface area contributed by atoms with E-state index in [1.54, 1.807) is 20.3 Å². The van der Waals surface area contributed by atoms with Crippen LogP contribution in [0.25, 0.3) is 11.4 Å². The van der Waals surface area contributed by atoms with Gasteiger partial charge < -0.3 is 9.47 Å². The lowest BCUT2D eigenvalue weighted by molar-refractivity contribution is 0.339. The quantitative estimate of drug-likeness (QED) is 0.415. The number of rotatable bonds is 7. The molecule has 0 atom stereocenters. The van der Waals surface area contributed by atoms with Gasteiger partial charge in [-0.2, -0.15) is 0 Å². The third-order valence-corrected chi connectivity index (χ3v) is 6.59. The summed E-state index contributed by atoms with van der Waals surface area (Å²) in [4.78, 5) is 0. The first-order chi connectivity index (χ1) is 15.1. The second kappa shape index (κ2) is 9.68. The van der Waals surface area contributed by atoms with Gasteiger partial charge >= 0.3 is 0 Å². The molecular formula is C23H25F2N3O2S. The molecular weight excluding hydrogens is 420 g/mol. The van der Waals surface area contributed by atoms with Gasteiger partial charge in [-0.25, -0.2) is 8.78 Å². The minimum Gasteiger partial charge on any atom is -0.497 e. The van der Waals surface area contributed by atoms with E-state index >= 15 is 0 Å². The summed E-state index contributed by atoms with van der Waals surface area (Å²) in [6.45, 7) is 0. The van der Waals surface area contributed by atoms with Gasteiger partial charge in [-0.05, 0) is 37.1 Å². The minimum absolute atomic E-state index is 0.0512. The Morgan fingerprint density at radius 2 is 1.61 bits per heavy atom. The zero-order valence-electron chi connectivity index (χ0n) is 17.6. The minimum atomic E-state index is -0.547. The van der Waals surface area contributed by atoms with Crippen molar-refractivity contribution in [2.24, 2.45) is 0 Å². The van der Waals surface area contributed by atoms with E-state index in [9.17, 15) is 8.78 Å². The molecule has 1 saturated carbocycles. The van der Waals surface area contributed by atoms with Crippen molar-refractivity contribution >= 4 is 11.8 Å². The predicted molar refractivity (Wildman–Crippen MR) is 117 cm³/mol. The zero-order chi connectivity index (χ0) is 21.8. The summed E-state index contributed by atoms with van der Waals surface area (Å²) in [6.07, 6.45) is 5.52. The van der Waals surface area contributed by atoms with Crippen molar-refractivity contribution in [1.29, 1.82) is 0 Å². The lowest BCUT2D eigenvalue weighted by atomic mass is 9.95. The molecule has 1 fully saturated rings. The summed E-state index contributed by atoms with van der Waals surface area (Å²) in [7, 11) is 3.21. The number of thioether (sulfide) groups is 1. The van der Waals surface area contributed by atoms with Crippen molar-refractivity contribution in [3.05, 3.63) is 53.6 Å². The third kappa shape index (κ3) is 4.69. The van der Waals surface area contributed by atoms with Crippen LogP contribution in [0, 0.1) is 11.6 Å². The van der Waals surface area contributed by atoms with Crippen LogP contribution in [0.1, 0.15) is 43.7 Å². The summed E-state index contributed by atoms with van der Waals surface area (Å²) < 4.78 is 41.2. The molecule has 5 nitrogen and oxygen atoms in total. The molecule has 0 saturated heterocycles. The highest BCUT2D eigenvalue weighted by molar-refractivity contribution is 7.98. The van der Waals surface area contributed by atoms with E-state index in [1.807, 2.05) is 12.1 Å². The largest absolute Gasteiger partial charge is 0.497 e. The fraction of sp³-hybridized carbons (Fsp3) is 0.391. The number of benzene rings is 2. The average molecular weight is 446 g/mol. The summed E-state index contributed by atoms with van der Waals surface area (Å²) in [6, 6.07) is 9.77. The lowest BCUT2D eigenvalue weighted by Gasteiger charge is -2.25. The fourth-order valence-corrected chi connectivity index (χ4v) is 5.01. The Morgan fingerprint density at radius 1 is 0.968 bits per heavy atom. The maximum atomic E-state index is 14.1. The number of hydrogen-bond acceptors (Lipinski definition) is 5. The smallest absolute Gasteiger partial charge is 0.192 e. The zero-order valence-corrected chi connectivity index (χ0v) is 18.4. The number of nitrogens with zero attached hydrogens (tertiary/aromatic N) is 3. The van der Waals surface area contributed by atoms with Crippen LogP contribution < -0.4 is 9.47 Å². The first-order valence-electron chi connectivity index (χ1n) is 10.3. The number of halogens is 2. The van der Waals surface area contributed by atoms with Crippen LogP contribution in [0.2, 0.25) is 0 Å². The lowest BCUT2D eigenvalue weighted by Crippen LogP contribution is -2.15. The number of aromatic nitrogens is 3. The number of hydrogen-bond donors (Lipinski definition) is 0. The maximum Gasteiger partial charge on any atom is 0.192 e. The van der Waals surface area contributed by atoms with E-state index in [2.05, 4.69) is 14.8 Å². The standard InChI is InChI=1S/C23H25F2N3O2S/c1-29-17-11-15(12-18(13-17)30-2)22-26-27-23(28(22)16-7-4-3-5-8-16)31-14-19-20(24)9-6-10-21(19)25/h6,9-13,16H,3-5,7-8,14H2,1-2H3. The van der Waals surface area contributed by atoms with E-state index < -0.39 is 11.6 Å². The second-order valence-electron chi connectivity index (χ2n) is 7.56. The summed E-state index contributed by atoms with van der Waals surface area (Å²) in [5, 5.41) is 9.52. The highest BCUT2D eigenvalue weighted by Gasteiger charge is 2.25. The Labute approximate surface area is 184 Å². The van der Waals surface area contributed by atoms with Gasteiger partial charge in [-0.3, -0.25) is 4.57 Å². The van der Waals surface area contributed by atoms with E-state index in [0.29, 0.717) is 22.5 Å². The summed E-state index contributed by atoms with van der Waals surface area (Å²) in [5.41, 5.74) is 0.883. The Kier molecular flexibility index (Phi) is 6.75. The SMILES string of the molecule is COc1cc(OC)cc(-c2nnc(SCc3c(F)cccc3F)n2C2CCCCC2)c1. The molecule has 0 amide bonds. The predicted octanol–water partition coefficient (Wildman–Crippen LogP) is 6.04. The van der Waals surface area contributed by atoms with Crippen LogP contribution in [0.15, 0.2) is 41.6 Å². The Hall–Kier alpha value is -2.61. The van der Waals surface area contributed by atoms with E-state index in [-0.39, 0.29) is 17.4 Å². The molecule has 31 heavy (non-hydrogen) atoms. The van der Waals surface area contributed by atoms with Crippen LogP contribution in [-0.4, -0.2) is 29.0 Å². The Bertz CT molecular complexity index is 1010. The molecule has 0 aliphatic heterocycles.